The minimum atomic E-state index is -0.416. The van der Waals surface area contributed by atoms with Gasteiger partial charge in [-0.25, -0.2) is 4.79 Å². The lowest BCUT2D eigenvalue weighted by Crippen LogP contribution is -2.36. The van der Waals surface area contributed by atoms with Crippen molar-refractivity contribution in [1.82, 2.24) is 9.55 Å². The SMILES string of the molecule is Cc1cc(C)cc(Cc2c(C(C)C)c(=O)[nH]c(=O)n2CC#Cc2ccccc2)c1. The molecule has 1 aromatic heterocycles. The van der Waals surface area contributed by atoms with Crippen LogP contribution < -0.4 is 11.2 Å². The first-order chi connectivity index (χ1) is 13.8. The van der Waals surface area contributed by atoms with E-state index in [-0.39, 0.29) is 18.0 Å². The van der Waals surface area contributed by atoms with Gasteiger partial charge in [-0.1, -0.05) is 73.2 Å². The van der Waals surface area contributed by atoms with Gasteiger partial charge in [-0.15, -0.1) is 0 Å². The number of nitrogens with zero attached hydrogens (tertiary/aromatic N) is 1. The van der Waals surface area contributed by atoms with Gasteiger partial charge in [0.05, 0.1) is 6.54 Å². The summed E-state index contributed by atoms with van der Waals surface area (Å²) in [7, 11) is 0. The zero-order valence-corrected chi connectivity index (χ0v) is 17.4. The molecule has 4 heteroatoms. The highest BCUT2D eigenvalue weighted by Crippen LogP contribution is 2.19. The third-order valence-corrected chi connectivity index (χ3v) is 4.82. The largest absolute Gasteiger partial charge is 0.329 e. The van der Waals surface area contributed by atoms with Crippen LogP contribution in [0.15, 0.2) is 58.1 Å². The third kappa shape index (κ3) is 4.94. The molecular formula is C25H26N2O2. The highest BCUT2D eigenvalue weighted by Gasteiger charge is 2.18. The second-order valence-electron chi connectivity index (χ2n) is 7.70. The molecule has 0 fully saturated rings. The summed E-state index contributed by atoms with van der Waals surface area (Å²) in [6, 6.07) is 16.0. The van der Waals surface area contributed by atoms with Gasteiger partial charge >= 0.3 is 5.69 Å². The third-order valence-electron chi connectivity index (χ3n) is 4.82. The topological polar surface area (TPSA) is 54.9 Å². The van der Waals surface area contributed by atoms with Gasteiger partial charge in [0, 0.05) is 23.2 Å². The Labute approximate surface area is 171 Å². The van der Waals surface area contributed by atoms with E-state index in [0.29, 0.717) is 12.0 Å². The molecular weight excluding hydrogens is 360 g/mol. The van der Waals surface area contributed by atoms with Crippen LogP contribution in [0.2, 0.25) is 0 Å². The van der Waals surface area contributed by atoms with Crippen molar-refractivity contribution < 1.29 is 0 Å². The summed E-state index contributed by atoms with van der Waals surface area (Å²) < 4.78 is 1.60. The minimum absolute atomic E-state index is 0.00594. The van der Waals surface area contributed by atoms with Crippen LogP contribution >= 0.6 is 0 Å². The molecule has 4 nitrogen and oxygen atoms in total. The zero-order valence-electron chi connectivity index (χ0n) is 17.4. The summed E-state index contributed by atoms with van der Waals surface area (Å²) in [6.45, 7) is 8.27. The summed E-state index contributed by atoms with van der Waals surface area (Å²) in [6.07, 6.45) is 0.516. The maximum atomic E-state index is 12.6. The number of aryl methyl sites for hydroxylation is 2. The summed E-state index contributed by atoms with van der Waals surface area (Å²) in [5.41, 5.74) is 4.95. The fourth-order valence-corrected chi connectivity index (χ4v) is 3.69. The molecule has 3 rings (SSSR count). The number of rotatable bonds is 4. The van der Waals surface area contributed by atoms with Crippen LogP contribution in [0.1, 0.15) is 53.3 Å². The summed E-state index contributed by atoms with van der Waals surface area (Å²) >= 11 is 0. The number of hydrogen-bond acceptors (Lipinski definition) is 2. The number of benzene rings is 2. The van der Waals surface area contributed by atoms with Gasteiger partial charge in [0.25, 0.3) is 5.56 Å². The summed E-state index contributed by atoms with van der Waals surface area (Å²) in [5.74, 6) is 6.17. The van der Waals surface area contributed by atoms with Crippen molar-refractivity contribution in [2.45, 2.75) is 46.6 Å². The lowest BCUT2D eigenvalue weighted by molar-refractivity contribution is 0.665. The molecule has 0 spiro atoms. The second kappa shape index (κ2) is 8.79. The van der Waals surface area contributed by atoms with Gasteiger partial charge in [0.2, 0.25) is 0 Å². The van der Waals surface area contributed by atoms with Crippen LogP contribution in [0.25, 0.3) is 0 Å². The molecule has 0 aliphatic rings. The van der Waals surface area contributed by atoms with Crippen molar-refractivity contribution in [2.24, 2.45) is 0 Å². The first kappa shape index (κ1) is 20.4. The Balaban J connectivity index is 2.09. The lowest BCUT2D eigenvalue weighted by Gasteiger charge is -2.17. The molecule has 0 atom stereocenters. The molecule has 0 saturated heterocycles. The van der Waals surface area contributed by atoms with Gasteiger partial charge in [0.1, 0.15) is 0 Å². The summed E-state index contributed by atoms with van der Waals surface area (Å²) in [4.78, 5) is 27.7. The smallest absolute Gasteiger partial charge is 0.285 e. The van der Waals surface area contributed by atoms with Gasteiger partial charge in [-0.3, -0.25) is 14.3 Å². The van der Waals surface area contributed by atoms with Crippen LogP contribution in [0.3, 0.4) is 0 Å². The van der Waals surface area contributed by atoms with Gasteiger partial charge in [-0.2, -0.15) is 0 Å². The Morgan fingerprint density at radius 2 is 1.66 bits per heavy atom. The van der Waals surface area contributed by atoms with Crippen molar-refractivity contribution in [1.29, 1.82) is 0 Å². The molecule has 0 amide bonds. The highest BCUT2D eigenvalue weighted by atomic mass is 16.2. The Hall–Kier alpha value is -3.32. The van der Waals surface area contributed by atoms with Crippen LogP contribution in [-0.2, 0) is 13.0 Å². The number of nitrogens with one attached hydrogen (secondary N) is 1. The van der Waals surface area contributed by atoms with E-state index in [9.17, 15) is 9.59 Å². The van der Waals surface area contributed by atoms with Gasteiger partial charge in [0.15, 0.2) is 0 Å². The highest BCUT2D eigenvalue weighted by molar-refractivity contribution is 5.36. The molecule has 148 valence electrons. The molecule has 0 bridgehead atoms. The molecule has 3 aromatic rings. The zero-order chi connectivity index (χ0) is 21.0. The molecule has 29 heavy (non-hydrogen) atoms. The van der Waals surface area contributed by atoms with E-state index >= 15 is 0 Å². The van der Waals surface area contributed by atoms with E-state index in [2.05, 4.69) is 48.9 Å². The fourth-order valence-electron chi connectivity index (χ4n) is 3.69. The maximum absolute atomic E-state index is 12.6. The Bertz CT molecular complexity index is 1170. The minimum Gasteiger partial charge on any atom is -0.285 e. The quantitative estimate of drug-likeness (QED) is 0.691. The van der Waals surface area contributed by atoms with Crippen molar-refractivity contribution in [2.75, 3.05) is 0 Å². The fraction of sp³-hybridized carbons (Fsp3) is 0.280. The van der Waals surface area contributed by atoms with Crippen molar-refractivity contribution in [3.05, 3.63) is 103 Å². The molecule has 1 N–H and O–H groups in total. The number of hydrogen-bond donors (Lipinski definition) is 1. The number of aromatic amines is 1. The second-order valence-corrected chi connectivity index (χ2v) is 7.70. The Morgan fingerprint density at radius 1 is 1.00 bits per heavy atom. The van der Waals surface area contributed by atoms with E-state index in [0.717, 1.165) is 27.9 Å². The van der Waals surface area contributed by atoms with Gasteiger partial charge < -0.3 is 0 Å². The molecule has 0 aliphatic heterocycles. The summed E-state index contributed by atoms with van der Waals surface area (Å²) in [5, 5.41) is 0. The van der Waals surface area contributed by atoms with E-state index in [1.54, 1.807) is 4.57 Å². The Kier molecular flexibility index (Phi) is 6.19. The molecule has 2 aromatic carbocycles. The van der Waals surface area contributed by atoms with Crippen molar-refractivity contribution >= 4 is 0 Å². The van der Waals surface area contributed by atoms with Crippen molar-refractivity contribution in [3.63, 3.8) is 0 Å². The molecule has 0 aliphatic carbocycles. The van der Waals surface area contributed by atoms with E-state index in [1.165, 1.54) is 0 Å². The number of aromatic nitrogens is 2. The molecule has 0 radical (unpaired) electrons. The molecule has 0 saturated carbocycles. The van der Waals surface area contributed by atoms with E-state index in [1.807, 2.05) is 44.2 Å². The first-order valence-electron chi connectivity index (χ1n) is 9.82. The molecule has 0 unspecified atom stereocenters. The average molecular weight is 386 g/mol. The van der Waals surface area contributed by atoms with Crippen LogP contribution in [-0.4, -0.2) is 9.55 Å². The number of H-pyrrole nitrogens is 1. The van der Waals surface area contributed by atoms with Crippen molar-refractivity contribution in [3.8, 4) is 11.8 Å². The average Bonchev–Trinajstić information content (AvgIpc) is 2.63. The van der Waals surface area contributed by atoms with Crippen LogP contribution in [0.4, 0.5) is 0 Å². The first-order valence-corrected chi connectivity index (χ1v) is 9.82. The Morgan fingerprint density at radius 3 is 2.28 bits per heavy atom. The maximum Gasteiger partial charge on any atom is 0.329 e. The standard InChI is InChI=1S/C25H26N2O2/c1-17(2)23-22(16-21-14-18(3)13-19(4)15-21)27(25(29)26-24(23)28)12-8-11-20-9-6-5-7-10-20/h5-7,9-10,13-15,17H,12,16H2,1-4H3,(H,26,28,29). The van der Waals surface area contributed by atoms with Crippen LogP contribution in [0.5, 0.6) is 0 Å². The predicted molar refractivity (Wildman–Crippen MR) is 117 cm³/mol. The van der Waals surface area contributed by atoms with Crippen LogP contribution in [0, 0.1) is 25.7 Å². The monoisotopic (exact) mass is 386 g/mol. The predicted octanol–water partition coefficient (Wildman–Crippen LogP) is 3.92. The van der Waals surface area contributed by atoms with E-state index < -0.39 is 5.69 Å². The normalized spacial score (nSPS) is 10.7. The lowest BCUT2D eigenvalue weighted by atomic mass is 9.96. The van der Waals surface area contributed by atoms with Gasteiger partial charge in [-0.05, 0) is 37.5 Å². The molecule has 1 heterocycles. The van der Waals surface area contributed by atoms with E-state index in [4.69, 9.17) is 0 Å².